The van der Waals surface area contributed by atoms with Gasteiger partial charge in [-0.25, -0.2) is 0 Å². The van der Waals surface area contributed by atoms with E-state index in [4.69, 9.17) is 14.7 Å². The minimum atomic E-state index is 0.0450. The molecule has 16 heavy (non-hydrogen) atoms. The van der Waals surface area contributed by atoms with Gasteiger partial charge in [0, 0.05) is 12.6 Å². The molecular weight excluding hydrogens is 204 g/mol. The Balaban J connectivity index is 2.83. The zero-order valence-electron chi connectivity index (χ0n) is 9.78. The van der Waals surface area contributed by atoms with Crippen molar-refractivity contribution in [1.82, 2.24) is 5.32 Å². The minimum absolute atomic E-state index is 0.0450. The quantitative estimate of drug-likeness (QED) is 0.818. The first-order valence-electron chi connectivity index (χ1n) is 5.10. The largest absolute Gasteiger partial charge is 0.497 e. The fourth-order valence-electron chi connectivity index (χ4n) is 1.38. The van der Waals surface area contributed by atoms with Crippen molar-refractivity contribution in [2.75, 3.05) is 20.7 Å². The summed E-state index contributed by atoms with van der Waals surface area (Å²) in [4.78, 5) is 0. The van der Waals surface area contributed by atoms with Crippen LogP contribution in [0.5, 0.6) is 11.5 Å². The number of nitrogens with one attached hydrogen (secondary N) is 1. The second-order valence-electron chi connectivity index (χ2n) is 3.50. The molecule has 0 fully saturated rings. The highest BCUT2D eigenvalue weighted by molar-refractivity contribution is 5.43. The molecule has 1 aromatic rings. The third kappa shape index (κ3) is 3.44. The average molecular weight is 220 g/mol. The van der Waals surface area contributed by atoms with E-state index in [0.29, 0.717) is 17.1 Å². The Morgan fingerprint density at radius 3 is 2.62 bits per heavy atom. The first-order valence-corrected chi connectivity index (χ1v) is 5.10. The lowest BCUT2D eigenvalue weighted by atomic mass is 10.2. The first kappa shape index (κ1) is 12.3. The Morgan fingerprint density at radius 2 is 2.06 bits per heavy atom. The summed E-state index contributed by atoms with van der Waals surface area (Å²) in [6.45, 7) is 2.71. The van der Waals surface area contributed by atoms with Gasteiger partial charge in [-0.3, -0.25) is 0 Å². The van der Waals surface area contributed by atoms with Crippen LogP contribution in [0, 0.1) is 11.3 Å². The molecule has 4 heteroatoms. The van der Waals surface area contributed by atoms with E-state index in [-0.39, 0.29) is 6.10 Å². The molecule has 0 saturated heterocycles. The van der Waals surface area contributed by atoms with Crippen molar-refractivity contribution in [3.05, 3.63) is 23.8 Å². The van der Waals surface area contributed by atoms with Crippen LogP contribution in [0.2, 0.25) is 0 Å². The first-order chi connectivity index (χ1) is 7.69. The van der Waals surface area contributed by atoms with Gasteiger partial charge in [-0.2, -0.15) is 5.26 Å². The summed E-state index contributed by atoms with van der Waals surface area (Å²) in [7, 11) is 3.43. The van der Waals surface area contributed by atoms with Gasteiger partial charge in [-0.05, 0) is 26.1 Å². The number of ether oxygens (including phenoxy) is 2. The zero-order chi connectivity index (χ0) is 12.0. The maximum Gasteiger partial charge on any atom is 0.124 e. The second-order valence-corrected chi connectivity index (χ2v) is 3.50. The lowest BCUT2D eigenvalue weighted by Crippen LogP contribution is -2.26. The molecule has 0 aliphatic heterocycles. The van der Waals surface area contributed by atoms with Crippen LogP contribution < -0.4 is 14.8 Å². The third-order valence-electron chi connectivity index (χ3n) is 2.07. The van der Waals surface area contributed by atoms with Crippen LogP contribution in [0.25, 0.3) is 0 Å². The van der Waals surface area contributed by atoms with E-state index >= 15 is 0 Å². The molecule has 1 aromatic carbocycles. The van der Waals surface area contributed by atoms with Crippen molar-refractivity contribution in [3.8, 4) is 17.6 Å². The molecule has 0 heterocycles. The summed E-state index contributed by atoms with van der Waals surface area (Å²) < 4.78 is 10.7. The van der Waals surface area contributed by atoms with Crippen molar-refractivity contribution in [1.29, 1.82) is 5.26 Å². The van der Waals surface area contributed by atoms with Crippen molar-refractivity contribution >= 4 is 0 Å². The fourth-order valence-corrected chi connectivity index (χ4v) is 1.38. The van der Waals surface area contributed by atoms with E-state index in [9.17, 15) is 0 Å². The van der Waals surface area contributed by atoms with E-state index in [1.165, 1.54) is 0 Å². The molecule has 4 nitrogen and oxygen atoms in total. The maximum atomic E-state index is 8.85. The van der Waals surface area contributed by atoms with Gasteiger partial charge in [0.1, 0.15) is 17.6 Å². The monoisotopic (exact) mass is 220 g/mol. The molecule has 0 radical (unpaired) electrons. The molecule has 1 atom stereocenters. The van der Waals surface area contributed by atoms with Gasteiger partial charge in [0.25, 0.3) is 0 Å². The third-order valence-corrected chi connectivity index (χ3v) is 2.07. The standard InChI is InChI=1S/C12H16N2O2/c1-9(8-14-2)16-12-5-10(7-13)4-11(6-12)15-3/h4-6,9,14H,8H2,1-3H3. The topological polar surface area (TPSA) is 54.3 Å². The van der Waals surface area contributed by atoms with Crippen LogP contribution in [0.15, 0.2) is 18.2 Å². The molecule has 0 aliphatic rings. The Hall–Kier alpha value is -1.73. The highest BCUT2D eigenvalue weighted by Crippen LogP contribution is 2.23. The molecule has 1 unspecified atom stereocenters. The van der Waals surface area contributed by atoms with Gasteiger partial charge in [-0.15, -0.1) is 0 Å². The minimum Gasteiger partial charge on any atom is -0.497 e. The molecule has 0 bridgehead atoms. The lowest BCUT2D eigenvalue weighted by Gasteiger charge is -2.15. The fraction of sp³-hybridized carbons (Fsp3) is 0.417. The normalized spacial score (nSPS) is 11.6. The number of likely N-dealkylation sites (N-methyl/N-ethyl adjacent to an activating group) is 1. The number of methoxy groups -OCH3 is 1. The molecule has 1 rings (SSSR count). The predicted molar refractivity (Wildman–Crippen MR) is 61.7 cm³/mol. The Labute approximate surface area is 95.8 Å². The molecule has 86 valence electrons. The summed E-state index contributed by atoms with van der Waals surface area (Å²) >= 11 is 0. The number of nitrogens with zero attached hydrogens (tertiary/aromatic N) is 1. The summed E-state index contributed by atoms with van der Waals surface area (Å²) in [6, 6.07) is 7.22. The van der Waals surface area contributed by atoms with Crippen LogP contribution >= 0.6 is 0 Å². The summed E-state index contributed by atoms with van der Waals surface area (Å²) in [6.07, 6.45) is 0.0450. The average Bonchev–Trinajstić information content (AvgIpc) is 2.28. The SMILES string of the molecule is CNCC(C)Oc1cc(C#N)cc(OC)c1. The van der Waals surface area contributed by atoms with Gasteiger partial charge in [0.15, 0.2) is 0 Å². The van der Waals surface area contributed by atoms with Crippen molar-refractivity contribution in [2.45, 2.75) is 13.0 Å². The lowest BCUT2D eigenvalue weighted by molar-refractivity contribution is 0.219. The Kier molecular flexibility index (Phi) is 4.62. The van der Waals surface area contributed by atoms with Crippen molar-refractivity contribution < 1.29 is 9.47 Å². The van der Waals surface area contributed by atoms with Gasteiger partial charge in [-0.1, -0.05) is 0 Å². The second kappa shape index (κ2) is 5.99. The highest BCUT2D eigenvalue weighted by atomic mass is 16.5. The summed E-state index contributed by atoms with van der Waals surface area (Å²) in [5.41, 5.74) is 0.533. The van der Waals surface area contributed by atoms with Gasteiger partial charge in [0.05, 0.1) is 18.7 Å². The maximum absolute atomic E-state index is 8.85. The van der Waals surface area contributed by atoms with E-state index in [1.54, 1.807) is 25.3 Å². The van der Waals surface area contributed by atoms with Crippen LogP contribution in [0.4, 0.5) is 0 Å². The van der Waals surface area contributed by atoms with E-state index < -0.39 is 0 Å². The van der Waals surface area contributed by atoms with Gasteiger partial charge in [0.2, 0.25) is 0 Å². The number of hydrogen-bond donors (Lipinski definition) is 1. The van der Waals surface area contributed by atoms with E-state index in [2.05, 4.69) is 11.4 Å². The molecular formula is C12H16N2O2. The smallest absolute Gasteiger partial charge is 0.124 e. The summed E-state index contributed by atoms with van der Waals surface area (Å²) in [5, 5.41) is 11.9. The zero-order valence-corrected chi connectivity index (χ0v) is 9.78. The number of benzene rings is 1. The highest BCUT2D eigenvalue weighted by Gasteiger charge is 2.06. The Bertz CT molecular complexity index is 385. The van der Waals surface area contributed by atoms with Crippen LogP contribution in [-0.4, -0.2) is 26.8 Å². The molecule has 1 N–H and O–H groups in total. The van der Waals surface area contributed by atoms with Crippen LogP contribution in [0.1, 0.15) is 12.5 Å². The van der Waals surface area contributed by atoms with E-state index in [0.717, 1.165) is 6.54 Å². The van der Waals surface area contributed by atoms with Crippen molar-refractivity contribution in [2.24, 2.45) is 0 Å². The number of hydrogen-bond acceptors (Lipinski definition) is 4. The summed E-state index contributed by atoms with van der Waals surface area (Å²) in [5.74, 6) is 1.28. The predicted octanol–water partition coefficient (Wildman–Crippen LogP) is 1.55. The number of nitriles is 1. The molecule has 0 saturated carbocycles. The van der Waals surface area contributed by atoms with Crippen LogP contribution in [0.3, 0.4) is 0 Å². The Morgan fingerprint density at radius 1 is 1.38 bits per heavy atom. The van der Waals surface area contributed by atoms with Crippen molar-refractivity contribution in [3.63, 3.8) is 0 Å². The van der Waals surface area contributed by atoms with E-state index in [1.807, 2.05) is 14.0 Å². The van der Waals surface area contributed by atoms with Crippen LogP contribution in [-0.2, 0) is 0 Å². The molecule has 0 amide bonds. The van der Waals surface area contributed by atoms with Gasteiger partial charge >= 0.3 is 0 Å². The number of rotatable bonds is 5. The molecule has 0 aliphatic carbocycles. The molecule has 0 aromatic heterocycles. The van der Waals surface area contributed by atoms with Gasteiger partial charge < -0.3 is 14.8 Å². The molecule has 0 spiro atoms.